The third kappa shape index (κ3) is 2.81. The zero-order chi connectivity index (χ0) is 19.3. The van der Waals surface area contributed by atoms with Crippen molar-refractivity contribution in [3.05, 3.63) is 35.9 Å². The zero-order valence-corrected chi connectivity index (χ0v) is 16.7. The van der Waals surface area contributed by atoms with Crippen molar-refractivity contribution in [3.63, 3.8) is 0 Å². The van der Waals surface area contributed by atoms with E-state index in [1.54, 1.807) is 0 Å². The number of aliphatic hydroxyl groups is 1. The van der Waals surface area contributed by atoms with E-state index in [4.69, 9.17) is 0 Å². The summed E-state index contributed by atoms with van der Waals surface area (Å²) in [5.74, 6) is 1.17. The second-order valence-corrected chi connectivity index (χ2v) is 9.91. The fraction of sp³-hybridized carbons (Fsp3) is 0.680. The molecule has 28 heavy (non-hydrogen) atoms. The first kappa shape index (κ1) is 18.5. The average Bonchev–Trinajstić information content (AvgIpc) is 2.68. The molecule has 0 spiro atoms. The van der Waals surface area contributed by atoms with Crippen LogP contribution < -0.4 is 0 Å². The first-order valence-corrected chi connectivity index (χ1v) is 11.4. The summed E-state index contributed by atoms with van der Waals surface area (Å²) in [5.41, 5.74) is 0.422. The van der Waals surface area contributed by atoms with Gasteiger partial charge in [0.15, 0.2) is 0 Å². The minimum Gasteiger partial charge on any atom is -0.389 e. The van der Waals surface area contributed by atoms with Gasteiger partial charge in [0.1, 0.15) is 11.6 Å². The maximum Gasteiger partial charge on any atom is 0.139 e. The summed E-state index contributed by atoms with van der Waals surface area (Å²) in [5, 5.41) is 12.1. The third-order valence-corrected chi connectivity index (χ3v) is 8.57. The van der Waals surface area contributed by atoms with Gasteiger partial charge in [-0.2, -0.15) is 0 Å². The highest BCUT2D eigenvalue weighted by atomic mass is 16.3. The van der Waals surface area contributed by atoms with E-state index in [-0.39, 0.29) is 35.4 Å². The van der Waals surface area contributed by atoms with Crippen molar-refractivity contribution in [1.82, 2.24) is 0 Å². The fourth-order valence-electron chi connectivity index (χ4n) is 7.80. The van der Waals surface area contributed by atoms with Crippen LogP contribution in [0.1, 0.15) is 63.4 Å². The van der Waals surface area contributed by atoms with Gasteiger partial charge in [-0.05, 0) is 74.2 Å². The van der Waals surface area contributed by atoms with Crippen molar-refractivity contribution >= 4 is 11.6 Å². The van der Waals surface area contributed by atoms with Gasteiger partial charge in [-0.25, -0.2) is 0 Å². The molecule has 7 atom stereocenters. The molecule has 1 aromatic rings. The molecule has 0 aliphatic heterocycles. The number of hydrogen-bond acceptors (Lipinski definition) is 3. The van der Waals surface area contributed by atoms with Crippen LogP contribution in [0.25, 0.3) is 0 Å². The molecule has 0 radical (unpaired) electrons. The van der Waals surface area contributed by atoms with Crippen molar-refractivity contribution in [2.75, 3.05) is 0 Å². The normalized spacial score (nSPS) is 43.0. The highest BCUT2D eigenvalue weighted by Gasteiger charge is 2.64. The van der Waals surface area contributed by atoms with Gasteiger partial charge in [0, 0.05) is 18.8 Å². The van der Waals surface area contributed by atoms with Crippen molar-refractivity contribution in [1.29, 1.82) is 0 Å². The Hall–Kier alpha value is -1.48. The summed E-state index contributed by atoms with van der Waals surface area (Å²) in [4.78, 5) is 26.1. The number of hydrogen-bond donors (Lipinski definition) is 1. The Morgan fingerprint density at radius 3 is 2.39 bits per heavy atom. The summed E-state index contributed by atoms with van der Waals surface area (Å²) in [6.45, 7) is 0. The smallest absolute Gasteiger partial charge is 0.139 e. The number of carbonyl (C=O) groups excluding carboxylic acids is 2. The largest absolute Gasteiger partial charge is 0.389 e. The van der Waals surface area contributed by atoms with E-state index in [2.05, 4.69) is 24.3 Å². The Bertz CT molecular complexity index is 756. The average molecular weight is 381 g/mol. The van der Waals surface area contributed by atoms with Crippen LogP contribution in [-0.4, -0.2) is 22.3 Å². The Morgan fingerprint density at radius 2 is 1.61 bits per heavy atom. The van der Waals surface area contributed by atoms with Crippen molar-refractivity contribution in [2.24, 2.45) is 35.5 Å². The van der Waals surface area contributed by atoms with Gasteiger partial charge in [0.05, 0.1) is 11.5 Å². The lowest BCUT2D eigenvalue weighted by Crippen LogP contribution is -2.66. The van der Waals surface area contributed by atoms with E-state index in [1.807, 2.05) is 6.07 Å². The van der Waals surface area contributed by atoms with Crippen molar-refractivity contribution < 1.29 is 14.7 Å². The second kappa shape index (κ2) is 7.09. The lowest BCUT2D eigenvalue weighted by Gasteiger charge is -2.62. The monoisotopic (exact) mass is 380 g/mol. The molecule has 4 aliphatic rings. The van der Waals surface area contributed by atoms with Gasteiger partial charge in [-0.1, -0.05) is 36.8 Å². The first-order valence-electron chi connectivity index (χ1n) is 11.4. The Labute approximate surface area is 167 Å². The molecule has 4 aliphatic carbocycles. The number of rotatable bonds is 2. The molecular weight excluding hydrogens is 348 g/mol. The number of benzene rings is 1. The van der Waals surface area contributed by atoms with Crippen LogP contribution in [-0.2, 0) is 16.0 Å². The Balaban J connectivity index is 1.56. The van der Waals surface area contributed by atoms with E-state index >= 15 is 0 Å². The molecule has 3 heteroatoms. The van der Waals surface area contributed by atoms with Gasteiger partial charge in [-0.3, -0.25) is 9.59 Å². The summed E-state index contributed by atoms with van der Waals surface area (Å²) < 4.78 is 0. The number of Topliss-reactive ketones (excluding diaryl/α,β-unsaturated/α-hetero) is 2. The SMILES string of the molecule is O=C1CCC[C@H]2[C@H]1[C@H]1CCCC(=O)[C@H]1[C@]1(O)CCC[C@H](Cc3ccccc3)[C@@H]21. The van der Waals surface area contributed by atoms with Crippen LogP contribution in [0.3, 0.4) is 0 Å². The molecule has 1 aromatic carbocycles. The lowest BCUT2D eigenvalue weighted by atomic mass is 9.43. The molecule has 0 heterocycles. The molecule has 4 fully saturated rings. The first-order chi connectivity index (χ1) is 13.6. The third-order valence-electron chi connectivity index (χ3n) is 8.57. The van der Waals surface area contributed by atoms with E-state index in [9.17, 15) is 14.7 Å². The number of fused-ring (bicyclic) bond motifs is 6. The van der Waals surface area contributed by atoms with Crippen LogP contribution in [0.5, 0.6) is 0 Å². The van der Waals surface area contributed by atoms with Crippen molar-refractivity contribution in [3.8, 4) is 0 Å². The Kier molecular flexibility index (Phi) is 4.70. The predicted octanol–water partition coefficient (Wildman–Crippen LogP) is 4.36. The second-order valence-electron chi connectivity index (χ2n) is 9.91. The van der Waals surface area contributed by atoms with Crippen LogP contribution >= 0.6 is 0 Å². The molecule has 0 bridgehead atoms. The summed E-state index contributed by atoms with van der Waals surface area (Å²) >= 11 is 0. The van der Waals surface area contributed by atoms with Gasteiger partial charge in [-0.15, -0.1) is 0 Å². The van der Waals surface area contributed by atoms with Crippen molar-refractivity contribution in [2.45, 2.75) is 69.8 Å². The summed E-state index contributed by atoms with van der Waals surface area (Å²) in [6.07, 6.45) is 8.90. The van der Waals surface area contributed by atoms with E-state index in [1.165, 1.54) is 5.56 Å². The fourth-order valence-corrected chi connectivity index (χ4v) is 7.80. The molecule has 0 saturated heterocycles. The molecule has 4 saturated carbocycles. The van der Waals surface area contributed by atoms with Gasteiger partial charge in [0.2, 0.25) is 0 Å². The minimum absolute atomic E-state index is 0.0182. The number of ketones is 2. The van der Waals surface area contributed by atoms with Crippen LogP contribution in [0.4, 0.5) is 0 Å². The summed E-state index contributed by atoms with van der Waals surface area (Å²) in [6, 6.07) is 10.6. The van der Waals surface area contributed by atoms with E-state index < -0.39 is 5.60 Å². The highest BCUT2D eigenvalue weighted by molar-refractivity contribution is 5.87. The maximum atomic E-state index is 13.1. The standard InChI is InChI=1S/C25H32O3/c26-20-12-4-10-18-22(20)19-11-5-13-21(27)24(19)25(28)14-6-9-17(23(18)25)15-16-7-2-1-3-8-16/h1-3,7-8,17-19,22-24,28H,4-6,9-15H2/t17-,18+,19-,22+,23+,24+,25+/m1/s1. The van der Waals surface area contributed by atoms with Crippen LogP contribution in [0.2, 0.25) is 0 Å². The Morgan fingerprint density at radius 1 is 0.893 bits per heavy atom. The molecule has 3 nitrogen and oxygen atoms in total. The predicted molar refractivity (Wildman–Crippen MR) is 108 cm³/mol. The van der Waals surface area contributed by atoms with Gasteiger partial charge in [0.25, 0.3) is 0 Å². The van der Waals surface area contributed by atoms with Gasteiger partial charge >= 0.3 is 0 Å². The molecule has 1 N–H and O–H groups in total. The maximum absolute atomic E-state index is 13.1. The van der Waals surface area contributed by atoms with Gasteiger partial charge < -0.3 is 5.11 Å². The molecule has 5 rings (SSSR count). The molecule has 150 valence electrons. The van der Waals surface area contributed by atoms with Crippen LogP contribution in [0, 0.1) is 35.5 Å². The van der Waals surface area contributed by atoms with E-state index in [0.717, 1.165) is 51.4 Å². The topological polar surface area (TPSA) is 54.4 Å². The quantitative estimate of drug-likeness (QED) is 0.829. The molecular formula is C25H32O3. The summed E-state index contributed by atoms with van der Waals surface area (Å²) in [7, 11) is 0. The molecule has 0 aromatic heterocycles. The highest BCUT2D eigenvalue weighted by Crippen LogP contribution is 2.61. The molecule has 0 unspecified atom stereocenters. The molecule has 0 amide bonds. The van der Waals surface area contributed by atoms with E-state index in [0.29, 0.717) is 24.5 Å². The lowest BCUT2D eigenvalue weighted by molar-refractivity contribution is -0.209. The minimum atomic E-state index is -0.890. The zero-order valence-electron chi connectivity index (χ0n) is 16.7. The number of carbonyl (C=O) groups is 2. The van der Waals surface area contributed by atoms with Crippen LogP contribution in [0.15, 0.2) is 30.3 Å².